The van der Waals surface area contributed by atoms with Crippen LogP contribution in [0.2, 0.25) is 0 Å². The molecule has 0 amide bonds. The molecular formula is C11H16O3S. The zero-order chi connectivity index (χ0) is 11.5. The summed E-state index contributed by atoms with van der Waals surface area (Å²) in [6.07, 6.45) is 8.26. The number of aliphatic carboxylic acids is 1. The number of hydrogen-bond acceptors (Lipinski definition) is 2. The maximum atomic E-state index is 10.8. The van der Waals surface area contributed by atoms with Crippen LogP contribution in [0.1, 0.15) is 32.6 Å². The number of unbranched alkanes of at least 4 members (excludes halogenated alkanes) is 2. The molecule has 0 heterocycles. The molecule has 3 nitrogen and oxygen atoms in total. The van der Waals surface area contributed by atoms with Crippen molar-refractivity contribution in [1.29, 1.82) is 0 Å². The lowest BCUT2D eigenvalue weighted by atomic mass is 10.1. The molecule has 0 fully saturated rings. The number of rotatable bonds is 7. The summed E-state index contributed by atoms with van der Waals surface area (Å²) in [5, 5.41) is 10.2. The summed E-state index contributed by atoms with van der Waals surface area (Å²) < 4.78 is 9.99. The first-order chi connectivity index (χ1) is 7.22. The average molecular weight is 228 g/mol. The van der Waals surface area contributed by atoms with Crippen molar-refractivity contribution < 1.29 is 14.1 Å². The molecule has 0 aliphatic carbocycles. The fraction of sp³-hybridized carbons (Fsp3) is 0.455. The van der Waals surface area contributed by atoms with Gasteiger partial charge in [-0.05, 0) is 18.9 Å². The number of hydrogen-bond donors (Lipinski definition) is 1. The van der Waals surface area contributed by atoms with Crippen LogP contribution in [0.4, 0.5) is 0 Å². The Morgan fingerprint density at radius 1 is 1.33 bits per heavy atom. The van der Waals surface area contributed by atoms with Crippen molar-refractivity contribution in [2.24, 2.45) is 0 Å². The zero-order valence-electron chi connectivity index (χ0n) is 8.81. The fourth-order valence-corrected chi connectivity index (χ4v) is 1.23. The van der Waals surface area contributed by atoms with Crippen LogP contribution in [0.3, 0.4) is 0 Å². The van der Waals surface area contributed by atoms with E-state index < -0.39 is 5.97 Å². The standard InChI is InChI=1S/C11H16O3S/c1-2-3-4-7-10(11(12)13)8-5-6-9-15-14/h5-6,8-9H,2-4,7H2,1H3,(H,12,13)/b6-5+,10-8+. The summed E-state index contributed by atoms with van der Waals surface area (Å²) in [5.41, 5.74) is 0.393. The molecule has 0 saturated heterocycles. The lowest BCUT2D eigenvalue weighted by Gasteiger charge is -1.99. The third-order valence-electron chi connectivity index (χ3n) is 1.87. The molecular weight excluding hydrogens is 212 g/mol. The van der Waals surface area contributed by atoms with Crippen LogP contribution in [-0.4, -0.2) is 20.7 Å². The molecule has 0 rings (SSSR count). The summed E-state index contributed by atoms with van der Waals surface area (Å²) in [6.45, 7) is 2.07. The highest BCUT2D eigenvalue weighted by Crippen LogP contribution is 2.09. The van der Waals surface area contributed by atoms with Crippen molar-refractivity contribution in [1.82, 2.24) is 0 Å². The highest BCUT2D eigenvalue weighted by Gasteiger charge is 2.04. The Kier molecular flexibility index (Phi) is 8.67. The third kappa shape index (κ3) is 7.88. The lowest BCUT2D eigenvalue weighted by molar-refractivity contribution is -0.132. The van der Waals surface area contributed by atoms with E-state index in [-0.39, 0.29) is 0 Å². The quantitative estimate of drug-likeness (QED) is 0.314. The second-order valence-electron chi connectivity index (χ2n) is 3.07. The highest BCUT2D eigenvalue weighted by molar-refractivity contribution is 7.65. The molecule has 4 heteroatoms. The van der Waals surface area contributed by atoms with Gasteiger partial charge in [0.2, 0.25) is 0 Å². The van der Waals surface area contributed by atoms with Crippen LogP contribution in [0.25, 0.3) is 0 Å². The molecule has 0 aromatic heterocycles. The SMILES string of the molecule is CCCCC/C(=C\C=C\C=S=O)C(=O)O. The van der Waals surface area contributed by atoms with E-state index in [0.29, 0.717) is 23.2 Å². The van der Waals surface area contributed by atoms with Gasteiger partial charge in [0.05, 0.1) is 11.3 Å². The first kappa shape index (κ1) is 13.8. The van der Waals surface area contributed by atoms with Crippen molar-refractivity contribution in [2.45, 2.75) is 32.6 Å². The summed E-state index contributed by atoms with van der Waals surface area (Å²) in [5.74, 6) is -0.884. The molecule has 0 unspecified atom stereocenters. The molecule has 0 saturated carbocycles. The van der Waals surface area contributed by atoms with Crippen molar-refractivity contribution >= 4 is 22.6 Å². The highest BCUT2D eigenvalue weighted by atomic mass is 32.1. The second-order valence-corrected chi connectivity index (χ2v) is 3.54. The van der Waals surface area contributed by atoms with Crippen molar-refractivity contribution in [3.05, 3.63) is 23.8 Å². The van der Waals surface area contributed by atoms with Crippen molar-refractivity contribution in [3.8, 4) is 0 Å². The number of carboxylic acids is 1. The molecule has 0 spiro atoms. The number of carbonyl (C=O) groups is 1. The Morgan fingerprint density at radius 2 is 2.07 bits per heavy atom. The molecule has 0 aromatic carbocycles. The van der Waals surface area contributed by atoms with Gasteiger partial charge in [0, 0.05) is 10.9 Å². The molecule has 0 aliphatic rings. The summed E-state index contributed by atoms with van der Waals surface area (Å²) in [4.78, 5) is 10.8. The van der Waals surface area contributed by atoms with Gasteiger partial charge < -0.3 is 5.11 Å². The molecule has 0 atom stereocenters. The first-order valence-electron chi connectivity index (χ1n) is 4.93. The third-order valence-corrected chi connectivity index (χ3v) is 2.14. The molecule has 0 aliphatic heterocycles. The van der Waals surface area contributed by atoms with Gasteiger partial charge in [-0.1, -0.05) is 31.9 Å². The van der Waals surface area contributed by atoms with Gasteiger partial charge in [0.15, 0.2) is 0 Å². The summed E-state index contributed by atoms with van der Waals surface area (Å²) in [6, 6.07) is 0. The van der Waals surface area contributed by atoms with Gasteiger partial charge in [-0.25, -0.2) is 9.00 Å². The first-order valence-corrected chi connectivity index (χ1v) is 5.73. The molecule has 0 radical (unpaired) electrons. The van der Waals surface area contributed by atoms with E-state index >= 15 is 0 Å². The van der Waals surface area contributed by atoms with Gasteiger partial charge in [-0.15, -0.1) is 0 Å². The van der Waals surface area contributed by atoms with E-state index in [2.05, 4.69) is 6.92 Å². The van der Waals surface area contributed by atoms with Gasteiger partial charge in [0.25, 0.3) is 0 Å². The van der Waals surface area contributed by atoms with Crippen LogP contribution < -0.4 is 0 Å². The molecule has 15 heavy (non-hydrogen) atoms. The van der Waals surface area contributed by atoms with E-state index in [9.17, 15) is 9.00 Å². The Hall–Kier alpha value is -1.16. The van der Waals surface area contributed by atoms with Crippen molar-refractivity contribution in [2.75, 3.05) is 0 Å². The topological polar surface area (TPSA) is 54.4 Å². The van der Waals surface area contributed by atoms with Crippen LogP contribution in [-0.2, 0) is 16.1 Å². The van der Waals surface area contributed by atoms with Crippen LogP contribution >= 0.6 is 0 Å². The van der Waals surface area contributed by atoms with Gasteiger partial charge in [0.1, 0.15) is 0 Å². The predicted octanol–water partition coefficient (Wildman–Crippen LogP) is 2.15. The minimum absolute atomic E-state index is 0.345. The Morgan fingerprint density at radius 3 is 2.60 bits per heavy atom. The normalized spacial score (nSPS) is 11.7. The van der Waals surface area contributed by atoms with Crippen LogP contribution in [0.15, 0.2) is 23.8 Å². The molecule has 1 N–H and O–H groups in total. The average Bonchev–Trinajstić information content (AvgIpc) is 2.21. The zero-order valence-corrected chi connectivity index (χ0v) is 9.63. The largest absolute Gasteiger partial charge is 0.478 e. The van der Waals surface area contributed by atoms with E-state index in [1.807, 2.05) is 0 Å². The molecule has 0 bridgehead atoms. The minimum atomic E-state index is -0.884. The smallest absolute Gasteiger partial charge is 0.331 e. The Balaban J connectivity index is 4.25. The maximum absolute atomic E-state index is 10.8. The minimum Gasteiger partial charge on any atom is -0.478 e. The monoisotopic (exact) mass is 228 g/mol. The summed E-state index contributed by atoms with van der Waals surface area (Å²) >= 11 is 0.345. The summed E-state index contributed by atoms with van der Waals surface area (Å²) in [7, 11) is 0. The second kappa shape index (κ2) is 9.40. The Bertz CT molecular complexity index is 299. The number of allylic oxidation sites excluding steroid dienone is 3. The van der Waals surface area contributed by atoms with Gasteiger partial charge in [-0.3, -0.25) is 0 Å². The maximum Gasteiger partial charge on any atom is 0.331 e. The van der Waals surface area contributed by atoms with E-state index in [1.165, 1.54) is 5.37 Å². The molecule has 84 valence electrons. The van der Waals surface area contributed by atoms with Crippen molar-refractivity contribution in [3.63, 3.8) is 0 Å². The van der Waals surface area contributed by atoms with Gasteiger partial charge in [-0.2, -0.15) is 0 Å². The van der Waals surface area contributed by atoms with E-state index in [1.54, 1.807) is 18.2 Å². The van der Waals surface area contributed by atoms with Gasteiger partial charge >= 0.3 is 5.97 Å². The van der Waals surface area contributed by atoms with Crippen LogP contribution in [0, 0.1) is 0 Å². The Labute approximate surface area is 93.6 Å². The number of carboxylic acid groups (broad SMARTS) is 1. The van der Waals surface area contributed by atoms with E-state index in [4.69, 9.17) is 5.11 Å². The van der Waals surface area contributed by atoms with E-state index in [0.717, 1.165) is 19.3 Å². The predicted molar refractivity (Wildman–Crippen MR) is 63.2 cm³/mol. The molecule has 0 aromatic rings. The lowest BCUT2D eigenvalue weighted by Crippen LogP contribution is -2.00. The van der Waals surface area contributed by atoms with Crippen LogP contribution in [0.5, 0.6) is 0 Å². The fourth-order valence-electron chi connectivity index (χ4n) is 1.08.